The molecule has 0 bridgehead atoms. The third-order valence-corrected chi connectivity index (χ3v) is 3.01. The number of aromatic amines is 1. The van der Waals surface area contributed by atoms with Crippen LogP contribution in [0.1, 0.15) is 43.9 Å². The van der Waals surface area contributed by atoms with Crippen molar-refractivity contribution in [3.8, 4) is 0 Å². The molecule has 17 heavy (non-hydrogen) atoms. The molecule has 2 N–H and O–H groups in total. The molecule has 0 radical (unpaired) electrons. The quantitative estimate of drug-likeness (QED) is 0.835. The molecular formula is C14H17NO2. The standard InChI is InChI=1S/C14H17NO2/c1-8(2)11-6-4-5-10-7-12(9(3)16)14(17)15-13(10)11/h4-9,16H,1-3H3,(H,15,17). The normalized spacial score (nSPS) is 13.2. The highest BCUT2D eigenvalue weighted by atomic mass is 16.3. The van der Waals surface area contributed by atoms with Crippen molar-refractivity contribution in [2.75, 3.05) is 0 Å². The highest BCUT2D eigenvalue weighted by Gasteiger charge is 2.11. The van der Waals surface area contributed by atoms with E-state index >= 15 is 0 Å². The highest BCUT2D eigenvalue weighted by Crippen LogP contribution is 2.24. The predicted octanol–water partition coefficient (Wildman–Crippen LogP) is 2.70. The van der Waals surface area contributed by atoms with Gasteiger partial charge in [0.2, 0.25) is 0 Å². The Balaban J connectivity index is 2.78. The van der Waals surface area contributed by atoms with Crippen LogP contribution in [0.3, 0.4) is 0 Å². The number of H-pyrrole nitrogens is 1. The summed E-state index contributed by atoms with van der Waals surface area (Å²) < 4.78 is 0. The third-order valence-electron chi connectivity index (χ3n) is 3.01. The fraction of sp³-hybridized carbons (Fsp3) is 0.357. The van der Waals surface area contributed by atoms with Crippen LogP contribution >= 0.6 is 0 Å². The van der Waals surface area contributed by atoms with Gasteiger partial charge < -0.3 is 10.1 Å². The summed E-state index contributed by atoms with van der Waals surface area (Å²) in [4.78, 5) is 14.7. The van der Waals surface area contributed by atoms with E-state index in [1.54, 1.807) is 13.0 Å². The molecule has 0 aliphatic rings. The summed E-state index contributed by atoms with van der Waals surface area (Å²) in [6, 6.07) is 7.71. The molecule has 2 aromatic rings. The molecule has 0 fully saturated rings. The molecule has 1 atom stereocenters. The maximum absolute atomic E-state index is 11.8. The summed E-state index contributed by atoms with van der Waals surface area (Å²) in [5, 5.41) is 10.5. The number of nitrogens with one attached hydrogen (secondary N) is 1. The van der Waals surface area contributed by atoms with E-state index in [-0.39, 0.29) is 5.56 Å². The lowest BCUT2D eigenvalue weighted by molar-refractivity contribution is 0.198. The van der Waals surface area contributed by atoms with Crippen molar-refractivity contribution in [3.05, 3.63) is 45.7 Å². The van der Waals surface area contributed by atoms with E-state index in [0.717, 1.165) is 16.5 Å². The summed E-state index contributed by atoms with van der Waals surface area (Å²) in [5.74, 6) is 0.353. The molecule has 0 aliphatic heterocycles. The molecule has 3 nitrogen and oxygen atoms in total. The van der Waals surface area contributed by atoms with Crippen LogP contribution in [-0.2, 0) is 0 Å². The van der Waals surface area contributed by atoms with E-state index in [1.165, 1.54) is 0 Å². The van der Waals surface area contributed by atoms with E-state index in [4.69, 9.17) is 0 Å². The molecular weight excluding hydrogens is 214 g/mol. The van der Waals surface area contributed by atoms with E-state index in [0.29, 0.717) is 11.5 Å². The summed E-state index contributed by atoms with van der Waals surface area (Å²) in [6.45, 7) is 5.79. The summed E-state index contributed by atoms with van der Waals surface area (Å²) in [5.41, 5.74) is 2.20. The number of aliphatic hydroxyl groups excluding tert-OH is 1. The van der Waals surface area contributed by atoms with Gasteiger partial charge in [-0.05, 0) is 29.9 Å². The van der Waals surface area contributed by atoms with E-state index in [9.17, 15) is 9.90 Å². The van der Waals surface area contributed by atoms with Crippen LogP contribution in [-0.4, -0.2) is 10.1 Å². The number of hydrogen-bond acceptors (Lipinski definition) is 2. The monoisotopic (exact) mass is 231 g/mol. The van der Waals surface area contributed by atoms with Crippen molar-refractivity contribution in [1.29, 1.82) is 0 Å². The zero-order valence-electron chi connectivity index (χ0n) is 10.3. The molecule has 90 valence electrons. The van der Waals surface area contributed by atoms with Crippen LogP contribution in [0.15, 0.2) is 29.1 Å². The Hall–Kier alpha value is -1.61. The van der Waals surface area contributed by atoms with Crippen LogP contribution in [0.2, 0.25) is 0 Å². The number of benzene rings is 1. The number of pyridine rings is 1. The summed E-state index contributed by atoms with van der Waals surface area (Å²) in [6.07, 6.45) is -0.745. The number of rotatable bonds is 2. The molecule has 0 saturated heterocycles. The first-order valence-corrected chi connectivity index (χ1v) is 5.84. The van der Waals surface area contributed by atoms with Crippen molar-refractivity contribution in [1.82, 2.24) is 4.98 Å². The Morgan fingerprint density at radius 3 is 2.47 bits per heavy atom. The van der Waals surface area contributed by atoms with E-state index < -0.39 is 6.10 Å². The lowest BCUT2D eigenvalue weighted by Crippen LogP contribution is -2.15. The molecule has 0 amide bonds. The lowest BCUT2D eigenvalue weighted by Gasteiger charge is -2.11. The van der Waals surface area contributed by atoms with Crippen molar-refractivity contribution in [2.45, 2.75) is 32.8 Å². The number of aromatic nitrogens is 1. The second kappa shape index (κ2) is 4.34. The van der Waals surface area contributed by atoms with Crippen molar-refractivity contribution in [2.24, 2.45) is 0 Å². The van der Waals surface area contributed by atoms with Gasteiger partial charge in [0.1, 0.15) is 0 Å². The Morgan fingerprint density at radius 2 is 1.88 bits per heavy atom. The molecule has 0 aliphatic carbocycles. The second-order valence-corrected chi connectivity index (χ2v) is 4.70. The van der Waals surface area contributed by atoms with Gasteiger partial charge in [0.05, 0.1) is 11.6 Å². The van der Waals surface area contributed by atoms with Gasteiger partial charge in [0.15, 0.2) is 0 Å². The van der Waals surface area contributed by atoms with Gasteiger partial charge in [-0.1, -0.05) is 32.0 Å². The fourth-order valence-electron chi connectivity index (χ4n) is 2.06. The van der Waals surface area contributed by atoms with Crippen LogP contribution in [0, 0.1) is 0 Å². The van der Waals surface area contributed by atoms with Gasteiger partial charge >= 0.3 is 0 Å². The Kier molecular flexibility index (Phi) is 3.03. The predicted molar refractivity (Wildman–Crippen MR) is 69.3 cm³/mol. The number of fused-ring (bicyclic) bond motifs is 1. The minimum Gasteiger partial charge on any atom is -0.388 e. The number of para-hydroxylation sites is 1. The molecule has 1 aromatic carbocycles. The average molecular weight is 231 g/mol. The molecule has 1 aromatic heterocycles. The largest absolute Gasteiger partial charge is 0.388 e. The lowest BCUT2D eigenvalue weighted by atomic mass is 9.98. The number of aliphatic hydroxyl groups is 1. The van der Waals surface area contributed by atoms with Crippen LogP contribution in [0.5, 0.6) is 0 Å². The third kappa shape index (κ3) is 2.11. The van der Waals surface area contributed by atoms with Gasteiger partial charge in [-0.15, -0.1) is 0 Å². The molecule has 3 heteroatoms. The molecule has 1 heterocycles. The average Bonchev–Trinajstić information content (AvgIpc) is 2.26. The SMILES string of the molecule is CC(C)c1cccc2cc(C(C)O)c(=O)[nH]c12. The Labute approximate surface area is 100 Å². The Bertz CT molecular complexity index is 597. The van der Waals surface area contributed by atoms with Crippen molar-refractivity contribution in [3.63, 3.8) is 0 Å². The molecule has 0 saturated carbocycles. The maximum Gasteiger partial charge on any atom is 0.254 e. The van der Waals surface area contributed by atoms with Gasteiger partial charge in [-0.2, -0.15) is 0 Å². The molecule has 2 rings (SSSR count). The maximum atomic E-state index is 11.8. The smallest absolute Gasteiger partial charge is 0.254 e. The fourth-order valence-corrected chi connectivity index (χ4v) is 2.06. The van der Waals surface area contributed by atoms with Crippen LogP contribution in [0.25, 0.3) is 10.9 Å². The van der Waals surface area contributed by atoms with Crippen molar-refractivity contribution >= 4 is 10.9 Å². The zero-order chi connectivity index (χ0) is 12.6. The van der Waals surface area contributed by atoms with Crippen LogP contribution in [0.4, 0.5) is 0 Å². The minimum absolute atomic E-state index is 0.208. The van der Waals surface area contributed by atoms with Gasteiger partial charge in [0.25, 0.3) is 5.56 Å². The van der Waals surface area contributed by atoms with Gasteiger partial charge in [-0.25, -0.2) is 0 Å². The second-order valence-electron chi connectivity index (χ2n) is 4.70. The molecule has 1 unspecified atom stereocenters. The number of hydrogen-bond donors (Lipinski definition) is 2. The highest BCUT2D eigenvalue weighted by molar-refractivity contribution is 5.82. The van der Waals surface area contributed by atoms with Crippen molar-refractivity contribution < 1.29 is 5.11 Å². The first kappa shape index (κ1) is 11.9. The van der Waals surface area contributed by atoms with Gasteiger partial charge in [-0.3, -0.25) is 4.79 Å². The summed E-state index contributed by atoms with van der Waals surface area (Å²) in [7, 11) is 0. The summed E-state index contributed by atoms with van der Waals surface area (Å²) >= 11 is 0. The first-order valence-electron chi connectivity index (χ1n) is 5.84. The Morgan fingerprint density at radius 1 is 1.18 bits per heavy atom. The van der Waals surface area contributed by atoms with Crippen LogP contribution < -0.4 is 5.56 Å². The first-order chi connectivity index (χ1) is 8.00. The minimum atomic E-state index is -0.745. The van der Waals surface area contributed by atoms with E-state index in [1.807, 2.05) is 18.2 Å². The van der Waals surface area contributed by atoms with E-state index in [2.05, 4.69) is 18.8 Å². The molecule has 0 spiro atoms. The van der Waals surface area contributed by atoms with Gasteiger partial charge in [0, 0.05) is 5.56 Å². The topological polar surface area (TPSA) is 53.1 Å². The zero-order valence-corrected chi connectivity index (χ0v) is 10.3.